The lowest BCUT2D eigenvalue weighted by molar-refractivity contribution is -0.134. The third-order valence-electron chi connectivity index (χ3n) is 5.39. The van der Waals surface area contributed by atoms with Crippen molar-refractivity contribution in [3.63, 3.8) is 0 Å². The fourth-order valence-electron chi connectivity index (χ4n) is 3.79. The Bertz CT molecular complexity index is 764. The topological polar surface area (TPSA) is 87.7 Å². The van der Waals surface area contributed by atoms with E-state index in [4.69, 9.17) is 4.74 Å². The molecule has 0 bridgehead atoms. The Morgan fingerprint density at radius 1 is 1.21 bits per heavy atom. The predicted octanol–water partition coefficient (Wildman–Crippen LogP) is 3.27. The molecule has 0 aromatic heterocycles. The van der Waals surface area contributed by atoms with Crippen LogP contribution in [0, 0.1) is 5.92 Å². The van der Waals surface area contributed by atoms with Gasteiger partial charge in [-0.25, -0.2) is 4.79 Å². The molecule has 0 aliphatic carbocycles. The molecule has 0 saturated carbocycles. The van der Waals surface area contributed by atoms with E-state index in [0.717, 1.165) is 30.6 Å². The van der Waals surface area contributed by atoms with Crippen LogP contribution in [0.3, 0.4) is 0 Å². The van der Waals surface area contributed by atoms with Gasteiger partial charge in [0.2, 0.25) is 11.8 Å². The zero-order valence-corrected chi connectivity index (χ0v) is 17.5. The van der Waals surface area contributed by atoms with Crippen LogP contribution >= 0.6 is 0 Å². The molecule has 2 aliphatic rings. The zero-order valence-electron chi connectivity index (χ0n) is 17.5. The summed E-state index contributed by atoms with van der Waals surface area (Å²) in [5.74, 6) is -0.203. The molecule has 0 spiro atoms. The van der Waals surface area contributed by atoms with Gasteiger partial charge in [0.15, 0.2) is 0 Å². The fraction of sp³-hybridized carbons (Fsp3) is 0.591. The Hall–Kier alpha value is -2.57. The lowest BCUT2D eigenvalue weighted by Gasteiger charge is -2.33. The molecule has 7 nitrogen and oxygen atoms in total. The highest BCUT2D eigenvalue weighted by Gasteiger charge is 2.29. The van der Waals surface area contributed by atoms with Crippen molar-refractivity contribution in [2.75, 3.05) is 25.0 Å². The SMILES string of the molecule is CC(C)(C)OC(=O)N1CCC(CNc2cccc(C3CCC(=O)NC3=O)c2)CC1. The largest absolute Gasteiger partial charge is 0.444 e. The number of ether oxygens (including phenoxy) is 1. The van der Waals surface area contributed by atoms with E-state index in [2.05, 4.69) is 10.6 Å². The Labute approximate surface area is 172 Å². The maximum atomic E-state index is 12.2. The molecule has 2 heterocycles. The molecule has 2 N–H and O–H groups in total. The van der Waals surface area contributed by atoms with Crippen LogP contribution in [-0.4, -0.2) is 48.0 Å². The van der Waals surface area contributed by atoms with E-state index in [9.17, 15) is 14.4 Å². The van der Waals surface area contributed by atoms with Gasteiger partial charge in [0.1, 0.15) is 5.60 Å². The smallest absolute Gasteiger partial charge is 0.410 e. The van der Waals surface area contributed by atoms with Gasteiger partial charge in [0.05, 0.1) is 5.92 Å². The molecule has 2 fully saturated rings. The van der Waals surface area contributed by atoms with E-state index in [1.54, 1.807) is 4.90 Å². The highest BCUT2D eigenvalue weighted by atomic mass is 16.6. The number of piperidine rings is 2. The van der Waals surface area contributed by atoms with Gasteiger partial charge in [-0.1, -0.05) is 12.1 Å². The van der Waals surface area contributed by atoms with Crippen LogP contribution in [0.25, 0.3) is 0 Å². The second-order valence-corrected chi connectivity index (χ2v) is 8.92. The summed E-state index contributed by atoms with van der Waals surface area (Å²) in [5, 5.41) is 5.88. The van der Waals surface area contributed by atoms with Crippen LogP contribution in [0.4, 0.5) is 10.5 Å². The van der Waals surface area contributed by atoms with E-state index < -0.39 is 5.60 Å². The summed E-state index contributed by atoms with van der Waals surface area (Å²) in [6.07, 6.45) is 2.56. The number of nitrogens with zero attached hydrogens (tertiary/aromatic N) is 1. The molecule has 29 heavy (non-hydrogen) atoms. The molecular weight excluding hydrogens is 370 g/mol. The molecule has 1 aromatic rings. The molecule has 1 unspecified atom stereocenters. The summed E-state index contributed by atoms with van der Waals surface area (Å²) in [6, 6.07) is 7.86. The molecule has 2 saturated heterocycles. The van der Waals surface area contributed by atoms with Crippen molar-refractivity contribution in [1.29, 1.82) is 0 Å². The first kappa shape index (κ1) is 21.1. The molecule has 1 atom stereocenters. The molecule has 0 radical (unpaired) electrons. The average molecular weight is 402 g/mol. The summed E-state index contributed by atoms with van der Waals surface area (Å²) in [5.41, 5.74) is 1.43. The van der Waals surface area contributed by atoms with Crippen LogP contribution in [0.15, 0.2) is 24.3 Å². The number of anilines is 1. The maximum Gasteiger partial charge on any atom is 0.410 e. The van der Waals surface area contributed by atoms with Crippen molar-refractivity contribution in [3.05, 3.63) is 29.8 Å². The highest BCUT2D eigenvalue weighted by Crippen LogP contribution is 2.27. The number of amides is 3. The number of carbonyl (C=O) groups excluding carboxylic acids is 3. The lowest BCUT2D eigenvalue weighted by atomic mass is 9.90. The van der Waals surface area contributed by atoms with E-state index >= 15 is 0 Å². The van der Waals surface area contributed by atoms with E-state index in [1.807, 2.05) is 45.0 Å². The van der Waals surface area contributed by atoms with Crippen molar-refractivity contribution >= 4 is 23.6 Å². The van der Waals surface area contributed by atoms with Crippen LogP contribution < -0.4 is 10.6 Å². The Morgan fingerprint density at radius 3 is 2.59 bits per heavy atom. The number of hydrogen-bond donors (Lipinski definition) is 2. The average Bonchev–Trinajstić information content (AvgIpc) is 2.65. The van der Waals surface area contributed by atoms with Crippen molar-refractivity contribution < 1.29 is 19.1 Å². The van der Waals surface area contributed by atoms with Crippen molar-refractivity contribution in [2.45, 2.75) is 58.0 Å². The number of rotatable bonds is 4. The van der Waals surface area contributed by atoms with Crippen molar-refractivity contribution in [2.24, 2.45) is 5.92 Å². The molecule has 3 amide bonds. The summed E-state index contributed by atoms with van der Waals surface area (Å²) < 4.78 is 5.45. The number of carbonyl (C=O) groups is 3. The first-order valence-electron chi connectivity index (χ1n) is 10.4. The quantitative estimate of drug-likeness (QED) is 0.756. The van der Waals surface area contributed by atoms with Crippen LogP contribution in [-0.2, 0) is 14.3 Å². The first-order chi connectivity index (χ1) is 13.7. The number of hydrogen-bond acceptors (Lipinski definition) is 5. The van der Waals surface area contributed by atoms with Gasteiger partial charge in [-0.05, 0) is 63.6 Å². The minimum absolute atomic E-state index is 0.196. The summed E-state index contributed by atoms with van der Waals surface area (Å²) in [4.78, 5) is 37.4. The normalized spacial score (nSPS) is 20.9. The Balaban J connectivity index is 1.48. The molecule has 3 rings (SSSR count). The van der Waals surface area contributed by atoms with Crippen LogP contribution in [0.5, 0.6) is 0 Å². The van der Waals surface area contributed by atoms with E-state index in [0.29, 0.717) is 31.8 Å². The molecular formula is C22H31N3O4. The third kappa shape index (κ3) is 5.95. The van der Waals surface area contributed by atoms with Gasteiger partial charge >= 0.3 is 6.09 Å². The highest BCUT2D eigenvalue weighted by molar-refractivity contribution is 6.01. The summed E-state index contributed by atoms with van der Waals surface area (Å²) in [7, 11) is 0. The number of likely N-dealkylation sites (tertiary alicyclic amines) is 1. The Morgan fingerprint density at radius 2 is 1.93 bits per heavy atom. The monoisotopic (exact) mass is 401 g/mol. The molecule has 2 aliphatic heterocycles. The first-order valence-corrected chi connectivity index (χ1v) is 10.4. The predicted molar refractivity (Wildman–Crippen MR) is 111 cm³/mol. The van der Waals surface area contributed by atoms with Crippen molar-refractivity contribution in [3.8, 4) is 0 Å². The minimum atomic E-state index is -0.469. The van der Waals surface area contributed by atoms with Gasteiger partial charge in [-0.2, -0.15) is 0 Å². The standard InChI is InChI=1S/C22H31N3O4/c1-22(2,3)29-21(28)25-11-9-15(10-12-25)14-23-17-6-4-5-16(13-17)18-7-8-19(26)24-20(18)27/h4-6,13,15,18,23H,7-12,14H2,1-3H3,(H,24,26,27). The Kier molecular flexibility index (Phi) is 6.45. The number of benzene rings is 1. The van der Waals surface area contributed by atoms with Gasteiger partial charge < -0.3 is 15.0 Å². The van der Waals surface area contributed by atoms with Gasteiger partial charge in [-0.3, -0.25) is 14.9 Å². The van der Waals surface area contributed by atoms with E-state index in [1.165, 1.54) is 0 Å². The maximum absolute atomic E-state index is 12.2. The summed E-state index contributed by atoms with van der Waals surface area (Å²) >= 11 is 0. The van der Waals surface area contributed by atoms with E-state index in [-0.39, 0.29) is 23.8 Å². The summed E-state index contributed by atoms with van der Waals surface area (Å²) in [6.45, 7) is 7.87. The number of imide groups is 1. The van der Waals surface area contributed by atoms with Crippen molar-refractivity contribution in [1.82, 2.24) is 10.2 Å². The second kappa shape index (κ2) is 8.84. The lowest BCUT2D eigenvalue weighted by Crippen LogP contribution is -2.42. The van der Waals surface area contributed by atoms with Crippen LogP contribution in [0.1, 0.15) is 57.9 Å². The fourth-order valence-corrected chi connectivity index (χ4v) is 3.79. The molecule has 1 aromatic carbocycles. The minimum Gasteiger partial charge on any atom is -0.444 e. The zero-order chi connectivity index (χ0) is 21.0. The van der Waals surface area contributed by atoms with Crippen LogP contribution in [0.2, 0.25) is 0 Å². The molecule has 7 heteroatoms. The molecule has 158 valence electrons. The van der Waals surface area contributed by atoms with Gasteiger partial charge in [-0.15, -0.1) is 0 Å². The third-order valence-corrected chi connectivity index (χ3v) is 5.39. The second-order valence-electron chi connectivity index (χ2n) is 8.92. The number of nitrogens with one attached hydrogen (secondary N) is 2. The van der Waals surface area contributed by atoms with Gasteiger partial charge in [0.25, 0.3) is 0 Å². The van der Waals surface area contributed by atoms with Gasteiger partial charge in [0, 0.05) is 31.7 Å².